The Morgan fingerprint density at radius 3 is 2.76 bits per heavy atom. The molecule has 0 heterocycles. The third-order valence-corrected chi connectivity index (χ3v) is 3.42. The first-order chi connectivity index (χ1) is 8.13. The monoisotopic (exact) mass is 252 g/mol. The summed E-state index contributed by atoms with van der Waals surface area (Å²) in [7, 11) is 1.67. The quantitative estimate of drug-likeness (QED) is 0.647. The van der Waals surface area contributed by atoms with Crippen LogP contribution in [0.2, 0.25) is 0 Å². The average molecular weight is 252 g/mol. The molecule has 1 aromatic carbocycles. The van der Waals surface area contributed by atoms with Gasteiger partial charge >= 0.3 is 0 Å². The maximum absolute atomic E-state index is 5.83. The van der Waals surface area contributed by atoms with E-state index in [0.29, 0.717) is 17.6 Å². The minimum absolute atomic E-state index is 0.570. The molecular weight excluding hydrogens is 232 g/mol. The van der Waals surface area contributed by atoms with Gasteiger partial charge in [0.15, 0.2) is 5.17 Å². The van der Waals surface area contributed by atoms with Gasteiger partial charge in [0.2, 0.25) is 0 Å². The minimum atomic E-state index is 0.570. The Morgan fingerprint density at radius 2 is 2.12 bits per heavy atom. The zero-order valence-corrected chi connectivity index (χ0v) is 11.5. The number of hydrogen-bond acceptors (Lipinski definition) is 3. The summed E-state index contributed by atoms with van der Waals surface area (Å²) < 4.78 is 5.26. The number of nitrogens with zero attached hydrogens (tertiary/aromatic N) is 1. The second-order valence-corrected chi connectivity index (χ2v) is 5.21. The lowest BCUT2D eigenvalue weighted by Crippen LogP contribution is -2.09. The summed E-state index contributed by atoms with van der Waals surface area (Å²) in [5.41, 5.74) is 6.89. The molecule has 0 spiro atoms. The zero-order chi connectivity index (χ0) is 12.7. The lowest BCUT2D eigenvalue weighted by Gasteiger charge is -2.06. The van der Waals surface area contributed by atoms with Crippen LogP contribution in [0, 0.1) is 5.92 Å². The molecule has 2 N–H and O–H groups in total. The molecule has 4 heteroatoms. The largest absolute Gasteiger partial charge is 0.496 e. The van der Waals surface area contributed by atoms with Gasteiger partial charge < -0.3 is 10.5 Å². The highest BCUT2D eigenvalue weighted by atomic mass is 32.2. The van der Waals surface area contributed by atoms with Crippen LogP contribution in [0.25, 0.3) is 0 Å². The summed E-state index contributed by atoms with van der Waals surface area (Å²) in [5.74, 6) is 2.49. The fourth-order valence-corrected chi connectivity index (χ4v) is 1.95. The number of methoxy groups -OCH3 is 1. The van der Waals surface area contributed by atoms with E-state index in [0.717, 1.165) is 17.1 Å². The third kappa shape index (κ3) is 5.13. The van der Waals surface area contributed by atoms with E-state index < -0.39 is 0 Å². The van der Waals surface area contributed by atoms with E-state index >= 15 is 0 Å². The van der Waals surface area contributed by atoms with Gasteiger partial charge in [0.1, 0.15) is 5.75 Å². The van der Waals surface area contributed by atoms with Crippen molar-refractivity contribution >= 4 is 16.9 Å². The number of nitrogens with two attached hydrogens (primary N) is 1. The van der Waals surface area contributed by atoms with E-state index in [1.165, 1.54) is 0 Å². The van der Waals surface area contributed by atoms with Gasteiger partial charge in [-0.15, -0.1) is 0 Å². The smallest absolute Gasteiger partial charge is 0.154 e. The Labute approximate surface area is 107 Å². The molecule has 0 saturated carbocycles. The lowest BCUT2D eigenvalue weighted by molar-refractivity contribution is 0.410. The van der Waals surface area contributed by atoms with E-state index in [9.17, 15) is 0 Å². The normalized spacial score (nSPS) is 11.9. The molecular formula is C13H20N2OS. The Morgan fingerprint density at radius 1 is 1.41 bits per heavy atom. The standard InChI is InChI=1S/C13H20N2OS/c1-10(2)9-17-13(14)15-8-11-6-4-5-7-12(11)16-3/h4-7,10H,8-9H2,1-3H3,(H2,14,15). The van der Waals surface area contributed by atoms with Crippen molar-refractivity contribution in [3.05, 3.63) is 29.8 Å². The topological polar surface area (TPSA) is 47.6 Å². The Hall–Kier alpha value is -1.16. The maximum atomic E-state index is 5.83. The van der Waals surface area contributed by atoms with E-state index in [-0.39, 0.29) is 0 Å². The second kappa shape index (κ2) is 7.22. The molecule has 3 nitrogen and oxygen atoms in total. The van der Waals surface area contributed by atoms with Gasteiger partial charge in [-0.3, -0.25) is 4.99 Å². The summed E-state index contributed by atoms with van der Waals surface area (Å²) in [6.07, 6.45) is 0. The van der Waals surface area contributed by atoms with Gasteiger partial charge in [-0.2, -0.15) is 0 Å². The van der Waals surface area contributed by atoms with Crippen LogP contribution in [0.15, 0.2) is 29.3 Å². The molecule has 0 radical (unpaired) electrons. The summed E-state index contributed by atoms with van der Waals surface area (Å²) in [4.78, 5) is 4.35. The van der Waals surface area contributed by atoms with Crippen LogP contribution in [0.1, 0.15) is 19.4 Å². The van der Waals surface area contributed by atoms with Crippen LogP contribution in [-0.4, -0.2) is 18.0 Å². The van der Waals surface area contributed by atoms with Crippen LogP contribution in [0.3, 0.4) is 0 Å². The van der Waals surface area contributed by atoms with E-state index in [1.807, 2.05) is 24.3 Å². The fourth-order valence-electron chi connectivity index (χ4n) is 1.29. The first-order valence-electron chi connectivity index (χ1n) is 5.68. The van der Waals surface area contributed by atoms with Crippen molar-refractivity contribution in [2.45, 2.75) is 20.4 Å². The summed E-state index contributed by atoms with van der Waals surface area (Å²) in [5, 5.41) is 0.643. The van der Waals surface area contributed by atoms with Gasteiger partial charge in [0, 0.05) is 11.3 Å². The molecule has 0 aliphatic rings. The van der Waals surface area contributed by atoms with Crippen LogP contribution < -0.4 is 10.5 Å². The molecule has 0 saturated heterocycles. The van der Waals surface area contributed by atoms with Crippen LogP contribution >= 0.6 is 11.8 Å². The van der Waals surface area contributed by atoms with Crippen molar-refractivity contribution in [3.8, 4) is 5.75 Å². The van der Waals surface area contributed by atoms with Crippen molar-refractivity contribution in [1.82, 2.24) is 0 Å². The highest BCUT2D eigenvalue weighted by Crippen LogP contribution is 2.18. The molecule has 0 atom stereocenters. The van der Waals surface area contributed by atoms with Crippen LogP contribution in [0.4, 0.5) is 0 Å². The van der Waals surface area contributed by atoms with Gasteiger partial charge in [-0.05, 0) is 12.0 Å². The van der Waals surface area contributed by atoms with E-state index in [1.54, 1.807) is 18.9 Å². The van der Waals surface area contributed by atoms with Crippen molar-refractivity contribution in [2.24, 2.45) is 16.6 Å². The van der Waals surface area contributed by atoms with Crippen LogP contribution in [-0.2, 0) is 6.54 Å². The average Bonchev–Trinajstić information content (AvgIpc) is 2.34. The Kier molecular flexibility index (Phi) is 5.91. The molecule has 94 valence electrons. The SMILES string of the molecule is COc1ccccc1CN=C(N)SCC(C)C. The molecule has 0 fully saturated rings. The molecule has 0 aliphatic carbocycles. The first-order valence-corrected chi connectivity index (χ1v) is 6.66. The molecule has 0 aliphatic heterocycles. The van der Waals surface area contributed by atoms with Gasteiger partial charge in [-0.25, -0.2) is 0 Å². The maximum Gasteiger partial charge on any atom is 0.154 e. The van der Waals surface area contributed by atoms with Gasteiger partial charge in [0.05, 0.1) is 13.7 Å². The Bertz CT molecular complexity index is 377. The third-order valence-electron chi connectivity index (χ3n) is 2.16. The predicted molar refractivity (Wildman–Crippen MR) is 75.6 cm³/mol. The number of benzene rings is 1. The number of para-hydroxylation sites is 1. The van der Waals surface area contributed by atoms with Crippen LogP contribution in [0.5, 0.6) is 5.75 Å². The zero-order valence-electron chi connectivity index (χ0n) is 10.6. The number of aliphatic imine (C=N–C) groups is 1. The molecule has 0 aromatic heterocycles. The number of hydrogen-bond donors (Lipinski definition) is 1. The lowest BCUT2D eigenvalue weighted by atomic mass is 10.2. The Balaban J connectivity index is 2.56. The highest BCUT2D eigenvalue weighted by Gasteiger charge is 2.01. The highest BCUT2D eigenvalue weighted by molar-refractivity contribution is 8.13. The van der Waals surface area contributed by atoms with Crippen molar-refractivity contribution in [2.75, 3.05) is 12.9 Å². The number of thioether (sulfide) groups is 1. The number of rotatable bonds is 5. The molecule has 0 amide bonds. The predicted octanol–water partition coefficient (Wildman–Crippen LogP) is 2.90. The summed E-state index contributed by atoms with van der Waals surface area (Å²) >= 11 is 1.60. The first kappa shape index (κ1) is 13.9. The summed E-state index contributed by atoms with van der Waals surface area (Å²) in [6, 6.07) is 7.86. The fraction of sp³-hybridized carbons (Fsp3) is 0.462. The van der Waals surface area contributed by atoms with Gasteiger partial charge in [0.25, 0.3) is 0 Å². The number of amidine groups is 1. The molecule has 0 bridgehead atoms. The molecule has 1 aromatic rings. The molecule has 17 heavy (non-hydrogen) atoms. The van der Waals surface area contributed by atoms with E-state index in [4.69, 9.17) is 10.5 Å². The van der Waals surface area contributed by atoms with Crippen molar-refractivity contribution in [3.63, 3.8) is 0 Å². The second-order valence-electron chi connectivity index (χ2n) is 4.17. The minimum Gasteiger partial charge on any atom is -0.496 e. The van der Waals surface area contributed by atoms with Crippen molar-refractivity contribution < 1.29 is 4.74 Å². The summed E-state index contributed by atoms with van der Waals surface area (Å²) in [6.45, 7) is 4.90. The molecule has 1 rings (SSSR count). The molecule has 0 unspecified atom stereocenters. The van der Waals surface area contributed by atoms with Gasteiger partial charge in [-0.1, -0.05) is 43.8 Å². The van der Waals surface area contributed by atoms with Crippen molar-refractivity contribution in [1.29, 1.82) is 0 Å². The van der Waals surface area contributed by atoms with E-state index in [2.05, 4.69) is 18.8 Å². The number of ether oxygens (including phenoxy) is 1.